The van der Waals surface area contributed by atoms with Crippen LogP contribution in [0.15, 0.2) is 36.0 Å². The SMILES string of the molecule is CC(N)=CC(=O)OCc1ccc(C(=O)O)cc1. The van der Waals surface area contributed by atoms with E-state index in [4.69, 9.17) is 15.6 Å². The molecule has 1 aromatic rings. The highest BCUT2D eigenvalue weighted by Gasteiger charge is 2.03. The van der Waals surface area contributed by atoms with Crippen molar-refractivity contribution in [3.8, 4) is 0 Å². The largest absolute Gasteiger partial charge is 0.478 e. The lowest BCUT2D eigenvalue weighted by atomic mass is 10.1. The number of carbonyl (C=O) groups excluding carboxylic acids is 1. The van der Waals surface area contributed by atoms with E-state index in [1.54, 1.807) is 19.1 Å². The van der Waals surface area contributed by atoms with E-state index < -0.39 is 11.9 Å². The first-order valence-corrected chi connectivity index (χ1v) is 4.92. The molecule has 0 saturated heterocycles. The molecule has 0 aliphatic heterocycles. The zero-order valence-corrected chi connectivity index (χ0v) is 9.34. The van der Waals surface area contributed by atoms with Gasteiger partial charge in [-0.1, -0.05) is 12.1 Å². The number of nitrogens with two attached hydrogens (primary N) is 1. The second-order valence-corrected chi connectivity index (χ2v) is 3.50. The van der Waals surface area contributed by atoms with Crippen molar-refractivity contribution < 1.29 is 19.4 Å². The van der Waals surface area contributed by atoms with Gasteiger partial charge in [-0.2, -0.15) is 0 Å². The molecular weight excluding hydrogens is 222 g/mol. The topological polar surface area (TPSA) is 89.6 Å². The number of hydrogen-bond donors (Lipinski definition) is 2. The maximum absolute atomic E-state index is 11.1. The highest BCUT2D eigenvalue weighted by molar-refractivity contribution is 5.87. The molecule has 0 bridgehead atoms. The average molecular weight is 235 g/mol. The number of benzene rings is 1. The third-order valence-electron chi connectivity index (χ3n) is 1.93. The molecule has 1 rings (SSSR count). The fraction of sp³-hybridized carbons (Fsp3) is 0.167. The van der Waals surface area contributed by atoms with Crippen molar-refractivity contribution in [2.24, 2.45) is 5.73 Å². The van der Waals surface area contributed by atoms with Gasteiger partial charge in [-0.25, -0.2) is 9.59 Å². The van der Waals surface area contributed by atoms with Crippen LogP contribution in [0.1, 0.15) is 22.8 Å². The molecule has 5 heteroatoms. The van der Waals surface area contributed by atoms with E-state index in [2.05, 4.69) is 0 Å². The van der Waals surface area contributed by atoms with E-state index in [1.807, 2.05) is 0 Å². The van der Waals surface area contributed by atoms with Crippen molar-refractivity contribution in [1.29, 1.82) is 0 Å². The number of ether oxygens (including phenoxy) is 1. The maximum Gasteiger partial charge on any atom is 0.335 e. The number of hydrogen-bond acceptors (Lipinski definition) is 4. The van der Waals surface area contributed by atoms with Crippen molar-refractivity contribution in [3.63, 3.8) is 0 Å². The van der Waals surface area contributed by atoms with Crippen molar-refractivity contribution in [2.75, 3.05) is 0 Å². The minimum atomic E-state index is -0.991. The zero-order chi connectivity index (χ0) is 12.8. The molecule has 0 fully saturated rings. The van der Waals surface area contributed by atoms with E-state index in [0.29, 0.717) is 11.3 Å². The molecule has 0 unspecified atom stereocenters. The molecule has 0 aliphatic carbocycles. The van der Waals surface area contributed by atoms with Gasteiger partial charge in [-0.05, 0) is 24.6 Å². The van der Waals surface area contributed by atoms with Crippen LogP contribution < -0.4 is 5.73 Å². The quantitative estimate of drug-likeness (QED) is 0.606. The van der Waals surface area contributed by atoms with Crippen LogP contribution in [0.5, 0.6) is 0 Å². The molecule has 1 aromatic carbocycles. The lowest BCUT2D eigenvalue weighted by Gasteiger charge is -2.03. The van der Waals surface area contributed by atoms with Gasteiger partial charge in [0, 0.05) is 11.8 Å². The van der Waals surface area contributed by atoms with E-state index in [1.165, 1.54) is 18.2 Å². The fourth-order valence-electron chi connectivity index (χ4n) is 1.13. The molecule has 0 saturated carbocycles. The Labute approximate surface area is 98.5 Å². The van der Waals surface area contributed by atoms with Crippen LogP contribution in [0.2, 0.25) is 0 Å². The second-order valence-electron chi connectivity index (χ2n) is 3.50. The lowest BCUT2D eigenvalue weighted by Crippen LogP contribution is -2.04. The second kappa shape index (κ2) is 5.69. The number of allylic oxidation sites excluding steroid dienone is 1. The van der Waals surface area contributed by atoms with Crippen molar-refractivity contribution in [2.45, 2.75) is 13.5 Å². The van der Waals surface area contributed by atoms with E-state index in [9.17, 15) is 9.59 Å². The Balaban J connectivity index is 2.56. The summed E-state index contributed by atoms with van der Waals surface area (Å²) in [6, 6.07) is 6.09. The molecule has 0 radical (unpaired) electrons. The summed E-state index contributed by atoms with van der Waals surface area (Å²) < 4.78 is 4.90. The smallest absolute Gasteiger partial charge is 0.335 e. The Morgan fingerprint density at radius 2 is 1.94 bits per heavy atom. The number of esters is 1. The summed E-state index contributed by atoms with van der Waals surface area (Å²) in [7, 11) is 0. The lowest BCUT2D eigenvalue weighted by molar-refractivity contribution is -0.139. The Kier molecular flexibility index (Phi) is 4.28. The summed E-state index contributed by atoms with van der Waals surface area (Å²) in [5.41, 5.74) is 6.59. The molecular formula is C12H13NO4. The molecule has 0 aliphatic rings. The summed E-state index contributed by atoms with van der Waals surface area (Å²) in [5.74, 6) is -1.51. The monoisotopic (exact) mass is 235 g/mol. The van der Waals surface area contributed by atoms with Gasteiger partial charge >= 0.3 is 11.9 Å². The normalized spacial score (nSPS) is 11.0. The van der Waals surface area contributed by atoms with E-state index in [-0.39, 0.29) is 12.2 Å². The predicted octanol–water partition coefficient (Wildman–Crippen LogP) is 1.29. The zero-order valence-electron chi connectivity index (χ0n) is 9.34. The number of rotatable bonds is 4. The highest BCUT2D eigenvalue weighted by atomic mass is 16.5. The average Bonchev–Trinajstić information content (AvgIpc) is 2.26. The Morgan fingerprint density at radius 1 is 1.35 bits per heavy atom. The number of carbonyl (C=O) groups is 2. The highest BCUT2D eigenvalue weighted by Crippen LogP contribution is 2.06. The summed E-state index contributed by atoms with van der Waals surface area (Å²) in [6.45, 7) is 1.67. The van der Waals surface area contributed by atoms with Crippen molar-refractivity contribution >= 4 is 11.9 Å². The van der Waals surface area contributed by atoms with Crippen LogP contribution in [0.3, 0.4) is 0 Å². The number of carboxylic acids is 1. The van der Waals surface area contributed by atoms with Gasteiger partial charge in [0.05, 0.1) is 5.56 Å². The van der Waals surface area contributed by atoms with Crippen LogP contribution in [-0.2, 0) is 16.1 Å². The molecule has 3 N–H and O–H groups in total. The first-order chi connectivity index (χ1) is 7.99. The first kappa shape index (κ1) is 12.8. The Hall–Kier alpha value is -2.30. The minimum Gasteiger partial charge on any atom is -0.478 e. The maximum atomic E-state index is 11.1. The summed E-state index contributed by atoms with van der Waals surface area (Å²) >= 11 is 0. The summed E-state index contributed by atoms with van der Waals surface area (Å²) in [4.78, 5) is 21.7. The molecule has 5 nitrogen and oxygen atoms in total. The summed E-state index contributed by atoms with van der Waals surface area (Å²) in [5, 5.41) is 8.69. The van der Waals surface area contributed by atoms with Gasteiger partial charge in [-0.3, -0.25) is 0 Å². The van der Waals surface area contributed by atoms with Crippen molar-refractivity contribution in [3.05, 3.63) is 47.2 Å². The molecule has 0 atom stereocenters. The summed E-state index contributed by atoms with van der Waals surface area (Å²) in [6.07, 6.45) is 1.19. The number of carboxylic acid groups (broad SMARTS) is 1. The van der Waals surface area contributed by atoms with E-state index in [0.717, 1.165) is 0 Å². The molecule has 17 heavy (non-hydrogen) atoms. The van der Waals surface area contributed by atoms with Gasteiger partial charge in [0.1, 0.15) is 6.61 Å². The molecule has 0 heterocycles. The van der Waals surface area contributed by atoms with Gasteiger partial charge in [-0.15, -0.1) is 0 Å². The van der Waals surface area contributed by atoms with Gasteiger partial charge in [0.25, 0.3) is 0 Å². The van der Waals surface area contributed by atoms with Gasteiger partial charge in [0.2, 0.25) is 0 Å². The van der Waals surface area contributed by atoms with Crippen LogP contribution in [0, 0.1) is 0 Å². The molecule has 0 spiro atoms. The predicted molar refractivity (Wildman–Crippen MR) is 61.1 cm³/mol. The van der Waals surface area contributed by atoms with E-state index >= 15 is 0 Å². The van der Waals surface area contributed by atoms with Crippen LogP contribution in [-0.4, -0.2) is 17.0 Å². The van der Waals surface area contributed by atoms with Crippen LogP contribution in [0.4, 0.5) is 0 Å². The van der Waals surface area contributed by atoms with Crippen molar-refractivity contribution in [1.82, 2.24) is 0 Å². The first-order valence-electron chi connectivity index (χ1n) is 4.92. The molecule has 0 amide bonds. The standard InChI is InChI=1S/C12H13NO4/c1-8(13)6-11(14)17-7-9-2-4-10(5-3-9)12(15)16/h2-6H,7,13H2,1H3,(H,15,16). The Bertz CT molecular complexity index is 444. The third kappa shape index (κ3) is 4.38. The molecule has 0 aromatic heterocycles. The van der Waals surface area contributed by atoms with Crippen LogP contribution >= 0.6 is 0 Å². The minimum absolute atomic E-state index is 0.0858. The van der Waals surface area contributed by atoms with Crippen LogP contribution in [0.25, 0.3) is 0 Å². The Morgan fingerprint density at radius 3 is 2.41 bits per heavy atom. The third-order valence-corrected chi connectivity index (χ3v) is 1.93. The molecule has 90 valence electrons. The van der Waals surface area contributed by atoms with Gasteiger partial charge in [0.15, 0.2) is 0 Å². The number of aromatic carboxylic acids is 1. The fourth-order valence-corrected chi connectivity index (χ4v) is 1.13. The van der Waals surface area contributed by atoms with Gasteiger partial charge < -0.3 is 15.6 Å².